The van der Waals surface area contributed by atoms with Crippen LogP contribution in [-0.2, 0) is 0 Å². The summed E-state index contributed by atoms with van der Waals surface area (Å²) < 4.78 is 7.33. The molecule has 0 fully saturated rings. The number of aromatic nitrogens is 3. The first kappa shape index (κ1) is 48.9. The van der Waals surface area contributed by atoms with Gasteiger partial charge in [0, 0.05) is 49.4 Å². The minimum absolute atomic E-state index is 0.476. The molecule has 0 bridgehead atoms. The molecule has 83 heavy (non-hydrogen) atoms. The lowest BCUT2D eigenvalue weighted by atomic mass is 9.85. The molecule has 396 valence electrons. The quantitative estimate of drug-likeness (QED) is 0.128. The van der Waals surface area contributed by atoms with Gasteiger partial charge in [0.05, 0.1) is 33.1 Å². The van der Waals surface area contributed by atoms with Gasteiger partial charge in [0.15, 0.2) is 0 Å². The van der Waals surface area contributed by atoms with Crippen molar-refractivity contribution in [3.05, 3.63) is 278 Å². The first-order valence-corrected chi connectivity index (χ1v) is 29.6. The number of para-hydroxylation sites is 2. The number of hydrogen-bond donors (Lipinski definition) is 0. The standard InChI is InChI=1S/C80H61N3/c1-50(2)52-26-36-60(37-27-52)81-73-24-14-12-18-63(73)69-46-56(32-42-75(69)81)58-34-44-77-71(48-58)72-49-59(57-33-43-76-70(47-57)64-19-13-15-25-74(64)82(76)61-38-28-53(29-39-61)51(3)4)35-45-78(72)83(77)62-40-30-55(31-41-62)80-67-22-10-8-20-65(67)79(54-16-6-5-7-17-54)66-21-9-11-23-68(66)80/h6,8-51H,5,7H2,1-4H3. The van der Waals surface area contributed by atoms with Crippen molar-refractivity contribution in [2.45, 2.75) is 52.4 Å². The second-order valence-electron chi connectivity index (χ2n) is 23.5. The zero-order valence-electron chi connectivity index (χ0n) is 47.2. The highest BCUT2D eigenvalue weighted by Gasteiger charge is 2.22. The molecule has 15 aromatic rings. The van der Waals surface area contributed by atoms with Gasteiger partial charge in [-0.25, -0.2) is 0 Å². The number of hydrogen-bond acceptors (Lipinski definition) is 0. The predicted molar refractivity (Wildman–Crippen MR) is 355 cm³/mol. The van der Waals surface area contributed by atoms with Crippen LogP contribution in [0.15, 0.2) is 261 Å². The van der Waals surface area contributed by atoms with E-state index in [0.717, 1.165) is 18.5 Å². The molecule has 1 aliphatic rings. The molecule has 3 heterocycles. The SMILES string of the molecule is CC(C)c1ccc(-n2c3ccccc3c3cc(-c4ccc5c(c4)c4cc(-c6ccc7c(c6)c6ccccc6n7-c6ccc(C(C)C)cc6)ccc4n5-c4ccc(-c5c6ccccc6c(C6=CCCC=C6)c6ccccc56)cc4)ccc32)cc1. The lowest BCUT2D eigenvalue weighted by Crippen LogP contribution is -1.96. The lowest BCUT2D eigenvalue weighted by Gasteiger charge is -2.19. The molecule has 0 aliphatic heterocycles. The Morgan fingerprint density at radius 3 is 0.952 bits per heavy atom. The smallest absolute Gasteiger partial charge is 0.0541 e. The minimum Gasteiger partial charge on any atom is -0.309 e. The van der Waals surface area contributed by atoms with Crippen molar-refractivity contribution in [2.24, 2.45) is 0 Å². The Kier molecular flexibility index (Phi) is 11.4. The second-order valence-corrected chi connectivity index (χ2v) is 23.5. The van der Waals surface area contributed by atoms with E-state index in [0.29, 0.717) is 11.8 Å². The van der Waals surface area contributed by atoms with Crippen LogP contribution in [0.25, 0.3) is 143 Å². The topological polar surface area (TPSA) is 14.8 Å². The molecule has 0 unspecified atom stereocenters. The van der Waals surface area contributed by atoms with Gasteiger partial charge in [0.2, 0.25) is 0 Å². The van der Waals surface area contributed by atoms with Crippen LogP contribution < -0.4 is 0 Å². The van der Waals surface area contributed by atoms with Gasteiger partial charge in [-0.1, -0.05) is 192 Å². The van der Waals surface area contributed by atoms with Crippen LogP contribution in [0.4, 0.5) is 0 Å². The summed E-state index contributed by atoms with van der Waals surface area (Å²) >= 11 is 0. The van der Waals surface area contributed by atoms with Crippen molar-refractivity contribution >= 4 is 92.5 Å². The summed E-state index contributed by atoms with van der Waals surface area (Å²) in [5.41, 5.74) is 23.3. The molecular weight excluding hydrogens is 1000 g/mol. The predicted octanol–water partition coefficient (Wildman–Crippen LogP) is 22.3. The average Bonchev–Trinajstić information content (AvgIpc) is 2.57. The molecular formula is C80H61N3. The van der Waals surface area contributed by atoms with Crippen LogP contribution in [-0.4, -0.2) is 13.7 Å². The van der Waals surface area contributed by atoms with Gasteiger partial charge in [0.1, 0.15) is 0 Å². The van der Waals surface area contributed by atoms with Crippen LogP contribution in [0.3, 0.4) is 0 Å². The molecule has 16 rings (SSSR count). The van der Waals surface area contributed by atoms with E-state index in [9.17, 15) is 0 Å². The summed E-state index contributed by atoms with van der Waals surface area (Å²) in [6.45, 7) is 9.03. The fourth-order valence-corrected chi connectivity index (χ4v) is 13.9. The van der Waals surface area contributed by atoms with Gasteiger partial charge in [-0.15, -0.1) is 0 Å². The van der Waals surface area contributed by atoms with Crippen LogP contribution in [0.2, 0.25) is 0 Å². The summed E-state index contributed by atoms with van der Waals surface area (Å²) in [6.07, 6.45) is 9.22. The van der Waals surface area contributed by atoms with Crippen molar-refractivity contribution in [1.29, 1.82) is 0 Å². The molecule has 3 aromatic heterocycles. The molecule has 3 nitrogen and oxygen atoms in total. The van der Waals surface area contributed by atoms with E-state index in [-0.39, 0.29) is 0 Å². The monoisotopic (exact) mass is 1060 g/mol. The first-order valence-electron chi connectivity index (χ1n) is 29.6. The molecule has 0 N–H and O–H groups in total. The maximum absolute atomic E-state index is 2.48. The molecule has 0 saturated carbocycles. The average molecular weight is 1060 g/mol. The van der Waals surface area contributed by atoms with Gasteiger partial charge in [-0.3, -0.25) is 0 Å². The Balaban J connectivity index is 0.865. The second kappa shape index (κ2) is 19.4. The first-order chi connectivity index (χ1) is 40.8. The minimum atomic E-state index is 0.476. The van der Waals surface area contributed by atoms with Crippen molar-refractivity contribution in [1.82, 2.24) is 13.7 Å². The molecule has 0 atom stereocenters. The van der Waals surface area contributed by atoms with E-state index in [4.69, 9.17) is 0 Å². The van der Waals surface area contributed by atoms with Gasteiger partial charge in [0.25, 0.3) is 0 Å². The molecule has 0 amide bonds. The number of fused-ring (bicyclic) bond motifs is 11. The Bertz CT molecular complexity index is 4880. The number of allylic oxidation sites excluding steroid dienone is 4. The van der Waals surface area contributed by atoms with Gasteiger partial charge >= 0.3 is 0 Å². The summed E-state index contributed by atoms with van der Waals surface area (Å²) in [4.78, 5) is 0. The summed E-state index contributed by atoms with van der Waals surface area (Å²) in [7, 11) is 0. The van der Waals surface area contributed by atoms with Crippen molar-refractivity contribution < 1.29 is 0 Å². The molecule has 0 radical (unpaired) electrons. The number of rotatable bonds is 9. The van der Waals surface area contributed by atoms with Crippen molar-refractivity contribution in [3.8, 4) is 50.4 Å². The Morgan fingerprint density at radius 2 is 0.590 bits per heavy atom. The van der Waals surface area contributed by atoms with E-state index in [1.54, 1.807) is 0 Å². The Morgan fingerprint density at radius 1 is 0.277 bits per heavy atom. The van der Waals surface area contributed by atoms with E-state index in [2.05, 4.69) is 302 Å². The third-order valence-corrected chi connectivity index (χ3v) is 18.0. The molecule has 3 heteroatoms. The van der Waals surface area contributed by atoms with Gasteiger partial charge in [-0.2, -0.15) is 0 Å². The van der Waals surface area contributed by atoms with Crippen LogP contribution in [0.1, 0.15) is 69.1 Å². The molecule has 0 saturated heterocycles. The van der Waals surface area contributed by atoms with E-state index in [1.165, 1.54) is 154 Å². The largest absolute Gasteiger partial charge is 0.309 e. The summed E-state index contributed by atoms with van der Waals surface area (Å²) in [5.74, 6) is 0.951. The fraction of sp³-hybridized carbons (Fsp3) is 0.100. The normalized spacial score (nSPS) is 13.0. The van der Waals surface area contributed by atoms with Crippen LogP contribution in [0, 0.1) is 0 Å². The highest BCUT2D eigenvalue weighted by molar-refractivity contribution is 6.20. The fourth-order valence-electron chi connectivity index (χ4n) is 13.9. The lowest BCUT2D eigenvalue weighted by molar-refractivity contribution is 0.865. The van der Waals surface area contributed by atoms with Crippen LogP contribution >= 0.6 is 0 Å². The van der Waals surface area contributed by atoms with Crippen molar-refractivity contribution in [2.75, 3.05) is 0 Å². The highest BCUT2D eigenvalue weighted by Crippen LogP contribution is 2.45. The Hall–Kier alpha value is -9.96. The zero-order valence-corrected chi connectivity index (χ0v) is 47.2. The molecule has 0 spiro atoms. The van der Waals surface area contributed by atoms with Gasteiger partial charge < -0.3 is 13.7 Å². The maximum Gasteiger partial charge on any atom is 0.0541 e. The van der Waals surface area contributed by atoms with E-state index >= 15 is 0 Å². The third-order valence-electron chi connectivity index (χ3n) is 18.0. The third kappa shape index (κ3) is 7.86. The number of nitrogens with zero attached hydrogens (tertiary/aromatic N) is 3. The Labute approximate surface area is 483 Å². The molecule has 12 aromatic carbocycles. The van der Waals surface area contributed by atoms with Crippen molar-refractivity contribution in [3.63, 3.8) is 0 Å². The highest BCUT2D eigenvalue weighted by atomic mass is 15.0. The molecule has 1 aliphatic carbocycles. The summed E-state index contributed by atoms with van der Waals surface area (Å²) in [6, 6.07) is 91.6. The zero-order chi connectivity index (χ0) is 55.4. The van der Waals surface area contributed by atoms with E-state index in [1.807, 2.05) is 0 Å². The van der Waals surface area contributed by atoms with Crippen LogP contribution in [0.5, 0.6) is 0 Å². The number of benzene rings is 12. The van der Waals surface area contributed by atoms with Gasteiger partial charge in [-0.05, 0) is 199 Å². The van der Waals surface area contributed by atoms with E-state index < -0.39 is 0 Å². The summed E-state index contributed by atoms with van der Waals surface area (Å²) in [5, 5.41) is 12.6. The maximum atomic E-state index is 2.48.